The van der Waals surface area contributed by atoms with Crippen molar-refractivity contribution in [1.29, 1.82) is 0 Å². The van der Waals surface area contributed by atoms with E-state index in [1.165, 1.54) is 13.0 Å². The number of amides is 2. The summed E-state index contributed by atoms with van der Waals surface area (Å²) in [5.41, 5.74) is 0.261. The highest BCUT2D eigenvalue weighted by molar-refractivity contribution is 5.76. The Balaban J connectivity index is 2.79. The summed E-state index contributed by atoms with van der Waals surface area (Å²) in [5.74, 6) is -0.602. The summed E-state index contributed by atoms with van der Waals surface area (Å²) >= 11 is 0. The molecule has 0 radical (unpaired) electrons. The number of aromatic nitrogens is 1. The van der Waals surface area contributed by atoms with Crippen LogP contribution in [0.4, 0.5) is 0 Å². The van der Waals surface area contributed by atoms with Gasteiger partial charge in [0.05, 0.1) is 12.2 Å². The molecular weight excluding hydrogens is 346 g/mol. The van der Waals surface area contributed by atoms with E-state index in [1.807, 2.05) is 0 Å². The fourth-order valence-corrected chi connectivity index (χ4v) is 3.59. The predicted octanol–water partition coefficient (Wildman–Crippen LogP) is 2.27. The van der Waals surface area contributed by atoms with E-state index in [0.29, 0.717) is 17.8 Å². The fourth-order valence-electron chi connectivity index (χ4n) is 3.59. The number of rotatable bonds is 10. The van der Waals surface area contributed by atoms with Gasteiger partial charge in [-0.1, -0.05) is 26.7 Å². The normalized spacial score (nSPS) is 11.3. The summed E-state index contributed by atoms with van der Waals surface area (Å²) in [4.78, 5) is 35.7. The maximum absolute atomic E-state index is 12.4. The average Bonchev–Trinajstić information content (AvgIpc) is 2.58. The van der Waals surface area contributed by atoms with Gasteiger partial charge < -0.3 is 20.3 Å². The van der Waals surface area contributed by atoms with Gasteiger partial charge >= 0.3 is 0 Å². The largest absolute Gasteiger partial charge is 0.503 e. The number of carbonyl (C=O) groups excluding carboxylic acids is 2. The molecule has 0 aliphatic rings. The van der Waals surface area contributed by atoms with E-state index in [4.69, 9.17) is 0 Å². The smallest absolute Gasteiger partial charge is 0.223 e. The van der Waals surface area contributed by atoms with Crippen LogP contribution in [0, 0.1) is 6.92 Å². The van der Waals surface area contributed by atoms with E-state index in [1.54, 1.807) is 18.5 Å². The molecular formula is C20H33N3O4. The monoisotopic (exact) mass is 379 g/mol. The van der Waals surface area contributed by atoms with Crippen LogP contribution in [0.5, 0.6) is 5.75 Å². The zero-order valence-corrected chi connectivity index (χ0v) is 17.1. The number of carbonyl (C=O) groups is 2. The van der Waals surface area contributed by atoms with Crippen LogP contribution in [-0.2, 0) is 23.2 Å². The molecule has 0 bridgehead atoms. The summed E-state index contributed by atoms with van der Waals surface area (Å²) < 4.78 is 1.69. The minimum atomic E-state index is -0.453. The summed E-state index contributed by atoms with van der Waals surface area (Å²) in [6.07, 6.45) is 4.30. The summed E-state index contributed by atoms with van der Waals surface area (Å²) in [7, 11) is 1.74. The number of hydrogen-bond acceptors (Lipinski definition) is 4. The van der Waals surface area contributed by atoms with Crippen molar-refractivity contribution in [3.8, 4) is 5.75 Å². The molecule has 0 atom stereocenters. The highest BCUT2D eigenvalue weighted by atomic mass is 16.3. The summed E-state index contributed by atoms with van der Waals surface area (Å²) in [6.45, 7) is 7.47. The number of pyridine rings is 1. The van der Waals surface area contributed by atoms with E-state index in [0.717, 1.165) is 25.7 Å². The molecule has 1 heterocycles. The number of aromatic hydroxyl groups is 1. The van der Waals surface area contributed by atoms with Gasteiger partial charge in [0.2, 0.25) is 17.2 Å². The molecule has 0 saturated heterocycles. The number of aryl methyl sites for hydroxylation is 1. The van der Waals surface area contributed by atoms with Crippen LogP contribution >= 0.6 is 0 Å². The average molecular weight is 380 g/mol. The van der Waals surface area contributed by atoms with Crippen molar-refractivity contribution >= 4 is 11.8 Å². The van der Waals surface area contributed by atoms with Crippen LogP contribution in [-0.4, -0.2) is 27.0 Å². The Kier molecular flexibility index (Phi) is 8.53. The standard InChI is InChI=1S/C20H33N3O4/c1-6-9-20(10-7-2,22-15(4)24)11-8-18(26)21-13-16-19(27)17(25)12-14(3)23(16)5/h12,27H,6-11,13H2,1-5H3,(H,21,26)(H,22,24). The molecule has 27 heavy (non-hydrogen) atoms. The van der Waals surface area contributed by atoms with Gasteiger partial charge in [0.1, 0.15) is 0 Å². The van der Waals surface area contributed by atoms with Crippen LogP contribution in [0.1, 0.15) is 70.7 Å². The van der Waals surface area contributed by atoms with Gasteiger partial charge in [-0.2, -0.15) is 0 Å². The van der Waals surface area contributed by atoms with Gasteiger partial charge in [-0.05, 0) is 26.2 Å². The Labute approximate surface area is 161 Å². The third-order valence-electron chi connectivity index (χ3n) is 4.96. The SMILES string of the molecule is CCCC(CCC)(CCC(=O)NCc1c(O)c(=O)cc(C)n1C)NC(C)=O. The molecule has 1 aromatic heterocycles. The van der Waals surface area contributed by atoms with Crippen molar-refractivity contribution < 1.29 is 14.7 Å². The van der Waals surface area contributed by atoms with Gasteiger partial charge in [-0.15, -0.1) is 0 Å². The lowest BCUT2D eigenvalue weighted by Gasteiger charge is -2.34. The quantitative estimate of drug-likeness (QED) is 0.580. The molecule has 0 saturated carbocycles. The van der Waals surface area contributed by atoms with Crippen molar-refractivity contribution in [3.63, 3.8) is 0 Å². The van der Waals surface area contributed by atoms with Crippen LogP contribution < -0.4 is 16.1 Å². The molecule has 0 fully saturated rings. The molecule has 2 amide bonds. The fraction of sp³-hybridized carbons (Fsp3) is 0.650. The topological polar surface area (TPSA) is 100 Å². The zero-order valence-electron chi connectivity index (χ0n) is 17.1. The predicted molar refractivity (Wildman–Crippen MR) is 106 cm³/mol. The molecule has 0 aliphatic heterocycles. The van der Waals surface area contributed by atoms with Crippen molar-refractivity contribution in [2.24, 2.45) is 7.05 Å². The van der Waals surface area contributed by atoms with Crippen molar-refractivity contribution in [2.75, 3.05) is 0 Å². The zero-order chi connectivity index (χ0) is 20.6. The third-order valence-corrected chi connectivity index (χ3v) is 4.96. The van der Waals surface area contributed by atoms with Crippen LogP contribution in [0.15, 0.2) is 10.9 Å². The van der Waals surface area contributed by atoms with E-state index in [2.05, 4.69) is 24.5 Å². The summed E-state index contributed by atoms with van der Waals surface area (Å²) in [6, 6.07) is 1.36. The molecule has 1 rings (SSSR count). The highest BCUT2D eigenvalue weighted by Crippen LogP contribution is 2.25. The molecule has 7 heteroatoms. The number of hydrogen-bond donors (Lipinski definition) is 3. The molecule has 0 aromatic carbocycles. The maximum Gasteiger partial charge on any atom is 0.223 e. The minimum Gasteiger partial charge on any atom is -0.503 e. The van der Waals surface area contributed by atoms with Crippen LogP contribution in [0.25, 0.3) is 0 Å². The van der Waals surface area contributed by atoms with Crippen molar-refractivity contribution in [1.82, 2.24) is 15.2 Å². The van der Waals surface area contributed by atoms with Gasteiger partial charge in [0.25, 0.3) is 0 Å². The first-order valence-corrected chi connectivity index (χ1v) is 9.59. The Morgan fingerprint density at radius 2 is 1.78 bits per heavy atom. The lowest BCUT2D eigenvalue weighted by atomic mass is 9.84. The highest BCUT2D eigenvalue weighted by Gasteiger charge is 2.29. The molecule has 1 aromatic rings. The lowest BCUT2D eigenvalue weighted by Crippen LogP contribution is -2.48. The van der Waals surface area contributed by atoms with E-state index < -0.39 is 5.43 Å². The van der Waals surface area contributed by atoms with Gasteiger partial charge in [-0.25, -0.2) is 0 Å². The third kappa shape index (κ3) is 6.41. The second kappa shape index (κ2) is 10.1. The van der Waals surface area contributed by atoms with Crippen LogP contribution in [0.3, 0.4) is 0 Å². The number of nitrogens with one attached hydrogen (secondary N) is 2. The molecule has 152 valence electrons. The second-order valence-corrected chi connectivity index (χ2v) is 7.24. The molecule has 3 N–H and O–H groups in total. The summed E-state index contributed by atoms with van der Waals surface area (Å²) in [5, 5.41) is 15.8. The van der Waals surface area contributed by atoms with Gasteiger partial charge in [0.15, 0.2) is 5.75 Å². The molecule has 0 aliphatic carbocycles. The van der Waals surface area contributed by atoms with Crippen LogP contribution in [0.2, 0.25) is 0 Å². The van der Waals surface area contributed by atoms with E-state index >= 15 is 0 Å². The molecule has 0 spiro atoms. The number of nitrogens with zero attached hydrogens (tertiary/aromatic N) is 1. The van der Waals surface area contributed by atoms with Crippen molar-refractivity contribution in [3.05, 3.63) is 27.7 Å². The molecule has 7 nitrogen and oxygen atoms in total. The van der Waals surface area contributed by atoms with Crippen molar-refractivity contribution in [2.45, 2.75) is 78.3 Å². The van der Waals surface area contributed by atoms with E-state index in [9.17, 15) is 19.5 Å². The van der Waals surface area contributed by atoms with Gasteiger partial charge in [0, 0.05) is 37.7 Å². The first kappa shape index (κ1) is 22.7. The lowest BCUT2D eigenvalue weighted by molar-refractivity contribution is -0.124. The van der Waals surface area contributed by atoms with Gasteiger partial charge in [-0.3, -0.25) is 14.4 Å². The Morgan fingerprint density at radius 3 is 2.30 bits per heavy atom. The van der Waals surface area contributed by atoms with E-state index in [-0.39, 0.29) is 36.1 Å². The first-order chi connectivity index (χ1) is 12.7. The Hall–Kier alpha value is -2.31. The minimum absolute atomic E-state index is 0.0762. The second-order valence-electron chi connectivity index (χ2n) is 7.24. The molecule has 0 unspecified atom stereocenters. The Bertz CT molecular complexity index is 719. The first-order valence-electron chi connectivity index (χ1n) is 9.59. The Morgan fingerprint density at radius 1 is 1.19 bits per heavy atom. The maximum atomic E-state index is 12.4.